The summed E-state index contributed by atoms with van der Waals surface area (Å²) in [7, 11) is 0. The van der Waals surface area contributed by atoms with Gasteiger partial charge in [-0.15, -0.1) is 0 Å². The molecule has 0 heterocycles. The van der Waals surface area contributed by atoms with Gasteiger partial charge in [-0.05, 0) is 35.7 Å². The summed E-state index contributed by atoms with van der Waals surface area (Å²) < 4.78 is 5.29. The predicted molar refractivity (Wildman–Crippen MR) is 140 cm³/mol. The molecule has 0 saturated carbocycles. The Balaban J connectivity index is 1.73. The monoisotopic (exact) mass is 527 g/mol. The summed E-state index contributed by atoms with van der Waals surface area (Å²) in [6.07, 6.45) is -0.440. The molecule has 0 saturated heterocycles. The van der Waals surface area contributed by atoms with E-state index in [1.807, 2.05) is 60.7 Å². The summed E-state index contributed by atoms with van der Waals surface area (Å²) >= 11 is 11.9. The minimum absolute atomic E-state index is 0.0740. The zero-order chi connectivity index (χ0) is 26.1. The molecule has 0 radical (unpaired) electrons. The Labute approximate surface area is 219 Å². The van der Waals surface area contributed by atoms with Gasteiger partial charge < -0.3 is 21.1 Å². The van der Waals surface area contributed by atoms with Gasteiger partial charge in [-0.2, -0.15) is 0 Å². The molecule has 0 fully saturated rings. The molecule has 0 spiro atoms. The van der Waals surface area contributed by atoms with Crippen LogP contribution in [-0.2, 0) is 33.8 Å². The van der Waals surface area contributed by atoms with Gasteiger partial charge in [0.15, 0.2) is 0 Å². The first-order chi connectivity index (χ1) is 17.2. The largest absolute Gasteiger partial charge is 0.445 e. The summed E-state index contributed by atoms with van der Waals surface area (Å²) in [6.45, 7) is 1.48. The number of carbonyl (C=O) groups excluding carboxylic acids is 3. The van der Waals surface area contributed by atoms with Gasteiger partial charge in [0.25, 0.3) is 0 Å². The highest BCUT2D eigenvalue weighted by molar-refractivity contribution is 6.42. The first-order valence-corrected chi connectivity index (χ1v) is 12.0. The number of ether oxygens (including phenoxy) is 1. The van der Waals surface area contributed by atoms with Crippen LogP contribution in [0.1, 0.15) is 23.6 Å². The lowest BCUT2D eigenvalue weighted by Crippen LogP contribution is -2.61. The second-order valence-corrected chi connectivity index (χ2v) is 9.37. The van der Waals surface area contributed by atoms with E-state index >= 15 is 0 Å². The molecular formula is C27H27Cl2N3O4. The Morgan fingerprint density at radius 1 is 0.889 bits per heavy atom. The number of rotatable bonds is 10. The lowest BCUT2D eigenvalue weighted by molar-refractivity contribution is -0.132. The summed E-state index contributed by atoms with van der Waals surface area (Å²) in [5.41, 5.74) is 6.56. The van der Waals surface area contributed by atoms with Gasteiger partial charge in [0.05, 0.1) is 10.0 Å². The Kier molecular flexibility index (Phi) is 9.33. The average Bonchev–Trinajstić information content (AvgIpc) is 2.85. The highest BCUT2D eigenvalue weighted by Crippen LogP contribution is 2.23. The maximum absolute atomic E-state index is 13.3. The zero-order valence-corrected chi connectivity index (χ0v) is 21.2. The van der Waals surface area contributed by atoms with Crippen molar-refractivity contribution in [2.75, 3.05) is 0 Å². The van der Waals surface area contributed by atoms with Crippen molar-refractivity contribution in [3.05, 3.63) is 106 Å². The van der Waals surface area contributed by atoms with Crippen LogP contribution in [0.4, 0.5) is 4.79 Å². The Bertz CT molecular complexity index is 1210. The molecule has 3 rings (SSSR count). The maximum Gasteiger partial charge on any atom is 0.408 e. The topological polar surface area (TPSA) is 111 Å². The number of halogens is 2. The molecule has 9 heteroatoms. The zero-order valence-electron chi connectivity index (χ0n) is 19.7. The van der Waals surface area contributed by atoms with Crippen LogP contribution in [-0.4, -0.2) is 29.5 Å². The van der Waals surface area contributed by atoms with Crippen molar-refractivity contribution in [1.82, 2.24) is 10.6 Å². The lowest BCUT2D eigenvalue weighted by atomic mass is 9.91. The van der Waals surface area contributed by atoms with Crippen LogP contribution in [0, 0.1) is 0 Å². The van der Waals surface area contributed by atoms with Crippen molar-refractivity contribution in [2.45, 2.75) is 38.0 Å². The second-order valence-electron chi connectivity index (χ2n) is 8.56. The fourth-order valence-corrected chi connectivity index (χ4v) is 3.90. The molecule has 0 aromatic heterocycles. The van der Waals surface area contributed by atoms with Crippen LogP contribution in [0.15, 0.2) is 78.9 Å². The minimum atomic E-state index is -1.38. The predicted octanol–water partition coefficient (Wildman–Crippen LogP) is 4.43. The number of hydrogen-bond donors (Lipinski definition) is 3. The van der Waals surface area contributed by atoms with E-state index in [2.05, 4.69) is 10.6 Å². The van der Waals surface area contributed by atoms with Crippen molar-refractivity contribution in [1.29, 1.82) is 0 Å². The number of amides is 3. The van der Waals surface area contributed by atoms with E-state index < -0.39 is 29.5 Å². The average molecular weight is 528 g/mol. The van der Waals surface area contributed by atoms with Crippen LogP contribution in [0.25, 0.3) is 0 Å². The van der Waals surface area contributed by atoms with E-state index in [-0.39, 0.29) is 19.4 Å². The van der Waals surface area contributed by atoms with Gasteiger partial charge in [0.1, 0.15) is 18.2 Å². The quantitative estimate of drug-likeness (QED) is 0.362. The molecule has 7 nitrogen and oxygen atoms in total. The summed E-state index contributed by atoms with van der Waals surface area (Å²) in [4.78, 5) is 38.3. The minimum Gasteiger partial charge on any atom is -0.445 e. The van der Waals surface area contributed by atoms with E-state index in [1.54, 1.807) is 25.1 Å². The van der Waals surface area contributed by atoms with Crippen molar-refractivity contribution >= 4 is 41.1 Å². The highest BCUT2D eigenvalue weighted by atomic mass is 35.5. The van der Waals surface area contributed by atoms with Crippen LogP contribution in [0.2, 0.25) is 10.0 Å². The van der Waals surface area contributed by atoms with Gasteiger partial charge in [-0.1, -0.05) is 89.9 Å². The highest BCUT2D eigenvalue weighted by Gasteiger charge is 2.36. The molecule has 3 amide bonds. The summed E-state index contributed by atoms with van der Waals surface area (Å²) in [5.74, 6) is -1.26. The summed E-state index contributed by atoms with van der Waals surface area (Å²) in [6, 6.07) is 22.2. The second kappa shape index (κ2) is 12.4. The Morgan fingerprint density at radius 3 is 2.08 bits per heavy atom. The first-order valence-electron chi connectivity index (χ1n) is 11.2. The van der Waals surface area contributed by atoms with Crippen molar-refractivity contribution in [3.8, 4) is 0 Å². The number of primary amides is 1. The lowest BCUT2D eigenvalue weighted by Gasteiger charge is -2.30. The molecule has 0 aliphatic heterocycles. The molecule has 0 aliphatic rings. The third-order valence-corrected chi connectivity index (χ3v) is 6.33. The van der Waals surface area contributed by atoms with Crippen LogP contribution < -0.4 is 16.4 Å². The number of benzene rings is 3. The van der Waals surface area contributed by atoms with E-state index in [0.29, 0.717) is 15.6 Å². The SMILES string of the molecule is CC(Cc1ccccc1)(NC(=O)[C@H](Cc1ccccc1)NC(=O)OCc1ccc(Cl)c(Cl)c1)C(N)=O. The molecule has 3 aromatic carbocycles. The number of nitrogens with one attached hydrogen (secondary N) is 2. The van der Waals surface area contributed by atoms with E-state index in [0.717, 1.165) is 11.1 Å². The number of alkyl carbamates (subject to hydrolysis) is 1. The normalized spacial score (nSPS) is 13.2. The van der Waals surface area contributed by atoms with Crippen LogP contribution in [0.5, 0.6) is 0 Å². The fourth-order valence-electron chi connectivity index (χ4n) is 3.58. The molecule has 1 unspecified atom stereocenters. The van der Waals surface area contributed by atoms with Crippen molar-refractivity contribution in [3.63, 3.8) is 0 Å². The molecule has 0 aliphatic carbocycles. The van der Waals surface area contributed by atoms with Gasteiger partial charge in [-0.25, -0.2) is 4.79 Å². The number of nitrogens with two attached hydrogens (primary N) is 1. The third-order valence-electron chi connectivity index (χ3n) is 5.59. The molecule has 36 heavy (non-hydrogen) atoms. The molecule has 0 bridgehead atoms. The smallest absolute Gasteiger partial charge is 0.408 e. The van der Waals surface area contributed by atoms with Gasteiger partial charge >= 0.3 is 6.09 Å². The van der Waals surface area contributed by atoms with E-state index in [1.165, 1.54) is 0 Å². The van der Waals surface area contributed by atoms with Crippen LogP contribution in [0.3, 0.4) is 0 Å². The fraction of sp³-hybridized carbons (Fsp3) is 0.222. The van der Waals surface area contributed by atoms with Gasteiger partial charge in [0.2, 0.25) is 11.8 Å². The first kappa shape index (κ1) is 27.0. The Hall–Kier alpha value is -3.55. The molecular weight excluding hydrogens is 501 g/mol. The van der Waals surface area contributed by atoms with Crippen LogP contribution >= 0.6 is 23.2 Å². The van der Waals surface area contributed by atoms with Gasteiger partial charge in [-0.3, -0.25) is 9.59 Å². The van der Waals surface area contributed by atoms with Crippen molar-refractivity contribution in [2.24, 2.45) is 5.73 Å². The van der Waals surface area contributed by atoms with E-state index in [9.17, 15) is 14.4 Å². The standard InChI is InChI=1S/C27H27Cl2N3O4/c1-27(25(30)34,16-19-10-6-3-7-11-19)32-24(33)23(15-18-8-4-2-5-9-18)31-26(35)36-17-20-12-13-21(28)22(29)14-20/h2-14,23H,15-17H2,1H3,(H2,30,34)(H,31,35)(H,32,33)/t23-,27?/m0/s1. The maximum atomic E-state index is 13.3. The third kappa shape index (κ3) is 7.73. The summed E-state index contributed by atoms with van der Waals surface area (Å²) in [5, 5.41) is 6.06. The molecule has 4 N–H and O–H groups in total. The van der Waals surface area contributed by atoms with Gasteiger partial charge in [0, 0.05) is 12.8 Å². The Morgan fingerprint density at radius 2 is 1.50 bits per heavy atom. The molecule has 188 valence electrons. The van der Waals surface area contributed by atoms with E-state index in [4.69, 9.17) is 33.7 Å². The molecule has 3 aromatic rings. The van der Waals surface area contributed by atoms with Crippen molar-refractivity contribution < 1.29 is 19.1 Å². The number of hydrogen-bond acceptors (Lipinski definition) is 4. The number of carbonyl (C=O) groups is 3. The molecule has 2 atom stereocenters.